The number of rotatable bonds is 5. The number of nitrogens with zero attached hydrogens (tertiary/aromatic N) is 2. The molecule has 3 rings (SSSR count). The lowest BCUT2D eigenvalue weighted by Crippen LogP contribution is -2.23. The van der Waals surface area contributed by atoms with Crippen LogP contribution in [0.2, 0.25) is 0 Å². The monoisotopic (exact) mass is 306 g/mol. The van der Waals surface area contributed by atoms with E-state index in [0.29, 0.717) is 12.3 Å². The van der Waals surface area contributed by atoms with Gasteiger partial charge in [-0.1, -0.05) is 6.07 Å². The Kier molecular flexibility index (Phi) is 4.10. The van der Waals surface area contributed by atoms with E-state index in [9.17, 15) is 5.11 Å². The molecule has 0 saturated heterocycles. The molecule has 1 aliphatic heterocycles. The van der Waals surface area contributed by atoms with Crippen LogP contribution in [0.5, 0.6) is 11.5 Å². The number of hydrogen-bond donors (Lipinski definition) is 1. The number of benzene rings is 1. The average Bonchev–Trinajstić information content (AvgIpc) is 3.06. The molecule has 2 aromatic rings. The van der Waals surface area contributed by atoms with E-state index in [0.717, 1.165) is 22.9 Å². The highest BCUT2D eigenvalue weighted by molar-refractivity contribution is 7.11. The number of thiazole rings is 1. The molecule has 112 valence electrons. The van der Waals surface area contributed by atoms with E-state index in [2.05, 4.69) is 9.88 Å². The molecule has 0 bridgehead atoms. The Hall–Kier alpha value is -1.63. The molecule has 1 N–H and O–H groups in total. The van der Waals surface area contributed by atoms with Crippen LogP contribution in [-0.2, 0) is 6.54 Å². The maximum atomic E-state index is 10.4. The lowest BCUT2D eigenvalue weighted by atomic mass is 10.1. The van der Waals surface area contributed by atoms with E-state index in [1.807, 2.05) is 38.4 Å². The van der Waals surface area contributed by atoms with Crippen molar-refractivity contribution in [2.45, 2.75) is 19.6 Å². The van der Waals surface area contributed by atoms with Crippen LogP contribution >= 0.6 is 11.3 Å². The van der Waals surface area contributed by atoms with Gasteiger partial charge in [0.1, 0.15) is 0 Å². The molecule has 6 heteroatoms. The Balaban J connectivity index is 1.61. The Bertz CT molecular complexity index is 629. The summed E-state index contributed by atoms with van der Waals surface area (Å²) < 4.78 is 10.6. The zero-order valence-corrected chi connectivity index (χ0v) is 12.9. The van der Waals surface area contributed by atoms with Crippen LogP contribution in [0.25, 0.3) is 0 Å². The van der Waals surface area contributed by atoms with Crippen LogP contribution in [0, 0.1) is 6.92 Å². The van der Waals surface area contributed by atoms with E-state index in [1.165, 1.54) is 4.88 Å². The second-order valence-electron chi connectivity index (χ2n) is 5.17. The van der Waals surface area contributed by atoms with Gasteiger partial charge in [0, 0.05) is 24.2 Å². The molecule has 1 atom stereocenters. The van der Waals surface area contributed by atoms with Gasteiger partial charge >= 0.3 is 0 Å². The fourth-order valence-electron chi connectivity index (χ4n) is 2.33. The summed E-state index contributed by atoms with van der Waals surface area (Å²) in [5.41, 5.74) is 0.839. The zero-order valence-electron chi connectivity index (χ0n) is 12.1. The van der Waals surface area contributed by atoms with Crippen molar-refractivity contribution in [1.29, 1.82) is 0 Å². The fourth-order valence-corrected chi connectivity index (χ4v) is 3.21. The van der Waals surface area contributed by atoms with Gasteiger partial charge in [-0.3, -0.25) is 4.90 Å². The predicted octanol–water partition coefficient (Wildman–Crippen LogP) is 2.35. The molecule has 0 radical (unpaired) electrons. The van der Waals surface area contributed by atoms with Gasteiger partial charge in [-0.05, 0) is 31.7 Å². The molecule has 1 aliphatic rings. The minimum atomic E-state index is -0.557. The fraction of sp³-hybridized carbons (Fsp3) is 0.400. The maximum absolute atomic E-state index is 10.4. The summed E-state index contributed by atoms with van der Waals surface area (Å²) in [6, 6.07) is 5.56. The van der Waals surface area contributed by atoms with Gasteiger partial charge in [-0.15, -0.1) is 11.3 Å². The number of aliphatic hydroxyl groups excluding tert-OH is 1. The third-order valence-electron chi connectivity index (χ3n) is 3.36. The van der Waals surface area contributed by atoms with Crippen molar-refractivity contribution in [1.82, 2.24) is 9.88 Å². The number of ether oxygens (including phenoxy) is 2. The highest BCUT2D eigenvalue weighted by Crippen LogP contribution is 2.34. The molecule has 5 nitrogen and oxygen atoms in total. The van der Waals surface area contributed by atoms with Crippen molar-refractivity contribution < 1.29 is 14.6 Å². The Labute approximate surface area is 127 Å². The molecule has 0 saturated carbocycles. The maximum Gasteiger partial charge on any atom is 0.231 e. The van der Waals surface area contributed by atoms with Crippen molar-refractivity contribution >= 4 is 11.3 Å². The van der Waals surface area contributed by atoms with Gasteiger partial charge in [0.25, 0.3) is 0 Å². The van der Waals surface area contributed by atoms with Crippen LogP contribution in [0.1, 0.15) is 21.6 Å². The first-order valence-electron chi connectivity index (χ1n) is 6.79. The smallest absolute Gasteiger partial charge is 0.231 e. The van der Waals surface area contributed by atoms with Crippen LogP contribution in [0.15, 0.2) is 24.4 Å². The number of hydrogen-bond acceptors (Lipinski definition) is 6. The summed E-state index contributed by atoms with van der Waals surface area (Å²) in [5, 5.41) is 11.4. The topological polar surface area (TPSA) is 54.8 Å². The molecule has 2 heterocycles. The summed E-state index contributed by atoms with van der Waals surface area (Å²) in [7, 11) is 1.99. The summed E-state index contributed by atoms with van der Waals surface area (Å²) in [5.74, 6) is 1.44. The molecule has 0 unspecified atom stereocenters. The molecule has 1 aromatic carbocycles. The number of fused-ring (bicyclic) bond motifs is 1. The van der Waals surface area contributed by atoms with Crippen LogP contribution < -0.4 is 9.47 Å². The van der Waals surface area contributed by atoms with Crippen molar-refractivity contribution in [3.05, 3.63) is 39.8 Å². The zero-order chi connectivity index (χ0) is 14.8. The highest BCUT2D eigenvalue weighted by Gasteiger charge is 2.17. The molecule has 0 spiro atoms. The molecular formula is C15H18N2O3S. The third-order valence-corrected chi connectivity index (χ3v) is 4.26. The quantitative estimate of drug-likeness (QED) is 0.919. The van der Waals surface area contributed by atoms with Crippen LogP contribution in [-0.4, -0.2) is 35.4 Å². The first kappa shape index (κ1) is 14.3. The number of aryl methyl sites for hydroxylation is 1. The SMILES string of the molecule is Cc1ncc(CN(C)C[C@H](O)c2ccc3c(c2)OCO3)s1. The Morgan fingerprint density at radius 1 is 1.38 bits per heavy atom. The van der Waals surface area contributed by atoms with Gasteiger partial charge in [0.15, 0.2) is 11.5 Å². The van der Waals surface area contributed by atoms with E-state index in [4.69, 9.17) is 9.47 Å². The predicted molar refractivity (Wildman–Crippen MR) is 80.7 cm³/mol. The summed E-state index contributed by atoms with van der Waals surface area (Å²) in [4.78, 5) is 7.53. The molecule has 0 amide bonds. The Morgan fingerprint density at radius 3 is 2.95 bits per heavy atom. The van der Waals surface area contributed by atoms with Crippen molar-refractivity contribution in [3.8, 4) is 11.5 Å². The second kappa shape index (κ2) is 6.01. The molecule has 0 fully saturated rings. The van der Waals surface area contributed by atoms with Gasteiger partial charge < -0.3 is 14.6 Å². The molecular weight excluding hydrogens is 288 g/mol. The average molecular weight is 306 g/mol. The van der Waals surface area contributed by atoms with Crippen LogP contribution in [0.3, 0.4) is 0 Å². The largest absolute Gasteiger partial charge is 0.454 e. The summed E-state index contributed by atoms with van der Waals surface area (Å²) in [6.45, 7) is 3.58. The first-order chi connectivity index (χ1) is 10.1. The number of aliphatic hydroxyl groups is 1. The van der Waals surface area contributed by atoms with E-state index in [-0.39, 0.29) is 6.79 Å². The number of aromatic nitrogens is 1. The number of likely N-dealkylation sites (N-methyl/N-ethyl adjacent to an activating group) is 1. The van der Waals surface area contributed by atoms with Crippen molar-refractivity contribution in [2.75, 3.05) is 20.4 Å². The van der Waals surface area contributed by atoms with Gasteiger partial charge in [0.2, 0.25) is 6.79 Å². The van der Waals surface area contributed by atoms with Gasteiger partial charge in [-0.25, -0.2) is 4.98 Å². The standard InChI is InChI=1S/C15H18N2O3S/c1-10-16-6-12(21-10)7-17(2)8-13(18)11-3-4-14-15(5-11)20-9-19-14/h3-6,13,18H,7-9H2,1-2H3/t13-/m0/s1. The minimum Gasteiger partial charge on any atom is -0.454 e. The lowest BCUT2D eigenvalue weighted by molar-refractivity contribution is 0.124. The first-order valence-corrected chi connectivity index (χ1v) is 7.61. The van der Waals surface area contributed by atoms with Gasteiger partial charge in [-0.2, -0.15) is 0 Å². The van der Waals surface area contributed by atoms with Gasteiger partial charge in [0.05, 0.1) is 11.1 Å². The molecule has 21 heavy (non-hydrogen) atoms. The summed E-state index contributed by atoms with van der Waals surface area (Å²) >= 11 is 1.68. The second-order valence-corrected chi connectivity index (χ2v) is 6.49. The normalized spacial score (nSPS) is 14.7. The summed E-state index contributed by atoms with van der Waals surface area (Å²) in [6.07, 6.45) is 1.34. The lowest BCUT2D eigenvalue weighted by Gasteiger charge is -2.20. The minimum absolute atomic E-state index is 0.250. The Morgan fingerprint density at radius 2 is 2.19 bits per heavy atom. The molecule has 1 aromatic heterocycles. The van der Waals surface area contributed by atoms with Crippen molar-refractivity contribution in [3.63, 3.8) is 0 Å². The third kappa shape index (κ3) is 3.34. The van der Waals surface area contributed by atoms with Crippen LogP contribution in [0.4, 0.5) is 0 Å². The van der Waals surface area contributed by atoms with E-state index < -0.39 is 6.10 Å². The van der Waals surface area contributed by atoms with Crippen molar-refractivity contribution in [2.24, 2.45) is 0 Å². The highest BCUT2D eigenvalue weighted by atomic mass is 32.1. The molecule has 0 aliphatic carbocycles. The van der Waals surface area contributed by atoms with E-state index >= 15 is 0 Å². The van der Waals surface area contributed by atoms with E-state index in [1.54, 1.807) is 11.3 Å².